The smallest absolute Gasteiger partial charge is 0.254 e. The summed E-state index contributed by atoms with van der Waals surface area (Å²) in [6.45, 7) is 5.41. The summed E-state index contributed by atoms with van der Waals surface area (Å²) in [5.74, 6) is 1.19. The maximum atomic E-state index is 11.6. The first-order chi connectivity index (χ1) is 12.9. The Balaban J connectivity index is 0.00000280. The number of β-amino-alcohol motifs (C(OH)–C–C–N with tert-alkyl or cyclic N) is 1. The number of nitrogens with zero attached hydrogens (tertiary/aromatic N) is 2. The summed E-state index contributed by atoms with van der Waals surface area (Å²) in [5.41, 5.74) is 7.15. The second-order valence-electron chi connectivity index (χ2n) is 6.78. The van der Waals surface area contributed by atoms with Crippen molar-refractivity contribution >= 4 is 42.5 Å². The summed E-state index contributed by atoms with van der Waals surface area (Å²) in [7, 11) is 0. The van der Waals surface area contributed by atoms with Gasteiger partial charge in [-0.15, -0.1) is 0 Å². The summed E-state index contributed by atoms with van der Waals surface area (Å²) in [6.07, 6.45) is 0.842. The number of aliphatic hydroxyl groups excluding tert-OH is 1. The van der Waals surface area contributed by atoms with Crippen molar-refractivity contribution in [1.82, 2.24) is 9.97 Å². The van der Waals surface area contributed by atoms with E-state index in [1.54, 1.807) is 6.07 Å². The minimum absolute atomic E-state index is 0. The van der Waals surface area contributed by atoms with Crippen LogP contribution < -0.4 is 26.4 Å². The average Bonchev–Trinajstić information content (AvgIpc) is 2.81. The number of fused-ring (bicyclic) bond motifs is 1. The van der Waals surface area contributed by atoms with E-state index in [0.717, 1.165) is 11.4 Å². The van der Waals surface area contributed by atoms with E-state index in [2.05, 4.69) is 39.8 Å². The average molecular weight is 407 g/mol. The van der Waals surface area contributed by atoms with Crippen molar-refractivity contribution in [2.75, 3.05) is 35.6 Å². The molecule has 0 fully saturated rings. The minimum atomic E-state index is -0.585. The van der Waals surface area contributed by atoms with Crippen LogP contribution in [0, 0.1) is 5.92 Å². The first kappa shape index (κ1) is 21.6. The Morgan fingerprint density at radius 2 is 2.25 bits per heavy atom. The van der Waals surface area contributed by atoms with E-state index in [1.165, 1.54) is 6.20 Å². The van der Waals surface area contributed by atoms with Gasteiger partial charge in [-0.05, 0) is 24.1 Å². The molecule has 0 radical (unpaired) electrons. The van der Waals surface area contributed by atoms with E-state index in [9.17, 15) is 9.90 Å². The molecular formula is C18H26N6O3S. The molecule has 10 heteroatoms. The highest BCUT2D eigenvalue weighted by Gasteiger charge is 2.16. The molecule has 0 bridgehead atoms. The van der Waals surface area contributed by atoms with Gasteiger partial charge in [0.1, 0.15) is 24.3 Å². The molecular weight excluding hydrogens is 380 g/mol. The van der Waals surface area contributed by atoms with Crippen LogP contribution in [0.25, 0.3) is 0 Å². The van der Waals surface area contributed by atoms with Gasteiger partial charge in [-0.25, -0.2) is 4.98 Å². The summed E-state index contributed by atoms with van der Waals surface area (Å²) in [5, 5.41) is 19.1. The van der Waals surface area contributed by atoms with Crippen LogP contribution in [0.15, 0.2) is 24.4 Å². The molecule has 2 heterocycles. The van der Waals surface area contributed by atoms with Crippen molar-refractivity contribution in [2.45, 2.75) is 20.0 Å². The zero-order valence-electron chi connectivity index (χ0n) is 15.8. The number of aromatic nitrogens is 2. The second kappa shape index (κ2) is 9.47. The van der Waals surface area contributed by atoms with Gasteiger partial charge in [0.25, 0.3) is 5.91 Å². The molecule has 2 aromatic rings. The number of ether oxygens (including phenoxy) is 1. The maximum absolute atomic E-state index is 11.6. The van der Waals surface area contributed by atoms with Crippen LogP contribution >= 0.6 is 13.5 Å². The van der Waals surface area contributed by atoms with Gasteiger partial charge < -0.3 is 31.5 Å². The van der Waals surface area contributed by atoms with Crippen LogP contribution in [0.5, 0.6) is 5.75 Å². The van der Waals surface area contributed by atoms with Gasteiger partial charge in [-0.3, -0.25) is 4.79 Å². The fourth-order valence-corrected chi connectivity index (χ4v) is 2.53. The number of aliphatic hydroxyl groups is 1. The lowest BCUT2D eigenvalue weighted by Gasteiger charge is -2.14. The summed E-state index contributed by atoms with van der Waals surface area (Å²) < 4.78 is 5.55. The molecule has 1 aliphatic heterocycles. The van der Waals surface area contributed by atoms with Crippen LogP contribution in [0.2, 0.25) is 0 Å². The van der Waals surface area contributed by atoms with Gasteiger partial charge in [0.05, 0.1) is 11.3 Å². The molecule has 1 amide bonds. The first-order valence-corrected chi connectivity index (χ1v) is 8.79. The molecule has 0 saturated heterocycles. The van der Waals surface area contributed by atoms with E-state index >= 15 is 0 Å². The lowest BCUT2D eigenvalue weighted by Crippen LogP contribution is -2.23. The number of amides is 1. The number of nitrogens with two attached hydrogens (primary N) is 1. The maximum Gasteiger partial charge on any atom is 0.254 e. The van der Waals surface area contributed by atoms with Gasteiger partial charge >= 0.3 is 0 Å². The standard InChI is InChI=1S/C18H24N6O3.H2S/c1-10(2)6-21-17-13(16(19)26)8-22-18(24-17)23-11-3-4-15-14(5-11)20-7-12(25)9-27-15;/h3-5,8,10,12,20,25H,6-7,9H2,1-2H3,(H2,19,26)(H2,21,22,23,24);1H2/t12-;/m0./s1. The third kappa shape index (κ3) is 5.40. The predicted octanol–water partition coefficient (Wildman–Crippen LogP) is 1.66. The van der Waals surface area contributed by atoms with Crippen molar-refractivity contribution in [3.63, 3.8) is 0 Å². The molecule has 28 heavy (non-hydrogen) atoms. The molecule has 0 spiro atoms. The van der Waals surface area contributed by atoms with E-state index in [1.807, 2.05) is 12.1 Å². The van der Waals surface area contributed by atoms with Crippen molar-refractivity contribution in [2.24, 2.45) is 11.7 Å². The molecule has 152 valence electrons. The highest BCUT2D eigenvalue weighted by Crippen LogP contribution is 2.30. The number of carbonyl (C=O) groups excluding carboxylic acids is 1. The number of nitrogens with one attached hydrogen (secondary N) is 3. The first-order valence-electron chi connectivity index (χ1n) is 8.79. The predicted molar refractivity (Wildman–Crippen MR) is 114 cm³/mol. The zero-order chi connectivity index (χ0) is 19.4. The summed E-state index contributed by atoms with van der Waals surface area (Å²) in [6, 6.07) is 5.48. The largest absolute Gasteiger partial charge is 0.489 e. The Hall–Kier alpha value is -2.72. The van der Waals surface area contributed by atoms with Crippen LogP contribution in [0.1, 0.15) is 24.2 Å². The molecule has 9 nitrogen and oxygen atoms in total. The number of primary amides is 1. The van der Waals surface area contributed by atoms with E-state index in [-0.39, 0.29) is 25.7 Å². The molecule has 3 rings (SSSR count). The number of anilines is 4. The van der Waals surface area contributed by atoms with Gasteiger partial charge in [0.2, 0.25) is 5.95 Å². The Morgan fingerprint density at radius 1 is 1.46 bits per heavy atom. The third-order valence-corrected chi connectivity index (χ3v) is 3.93. The SMILES string of the molecule is CC(C)CNc1nc(Nc2ccc3c(c2)NC[C@H](O)CO3)ncc1C(N)=O.S. The summed E-state index contributed by atoms with van der Waals surface area (Å²) >= 11 is 0. The fraction of sp³-hybridized carbons (Fsp3) is 0.389. The number of rotatable bonds is 6. The zero-order valence-corrected chi connectivity index (χ0v) is 16.8. The van der Waals surface area contributed by atoms with Crippen molar-refractivity contribution in [1.29, 1.82) is 0 Å². The van der Waals surface area contributed by atoms with Crippen molar-refractivity contribution in [3.05, 3.63) is 30.0 Å². The molecule has 1 aliphatic rings. The lowest BCUT2D eigenvalue weighted by atomic mass is 10.2. The second-order valence-corrected chi connectivity index (χ2v) is 6.78. The van der Waals surface area contributed by atoms with Gasteiger partial charge in [0, 0.05) is 25.0 Å². The normalized spacial score (nSPS) is 15.4. The third-order valence-electron chi connectivity index (χ3n) is 3.93. The molecule has 1 aromatic carbocycles. The monoisotopic (exact) mass is 406 g/mol. The molecule has 1 aromatic heterocycles. The van der Waals surface area contributed by atoms with Gasteiger partial charge in [-0.2, -0.15) is 18.5 Å². The number of hydrogen-bond donors (Lipinski definition) is 5. The highest BCUT2D eigenvalue weighted by atomic mass is 32.1. The van der Waals surface area contributed by atoms with Crippen LogP contribution in [0.4, 0.5) is 23.1 Å². The van der Waals surface area contributed by atoms with Crippen molar-refractivity contribution < 1.29 is 14.6 Å². The molecule has 0 saturated carbocycles. The minimum Gasteiger partial charge on any atom is -0.489 e. The fourth-order valence-electron chi connectivity index (χ4n) is 2.53. The van der Waals surface area contributed by atoms with Gasteiger partial charge in [0.15, 0.2) is 0 Å². The van der Waals surface area contributed by atoms with Crippen LogP contribution in [0.3, 0.4) is 0 Å². The number of hydrogen-bond acceptors (Lipinski definition) is 8. The molecule has 1 atom stereocenters. The Morgan fingerprint density at radius 3 is 2.96 bits per heavy atom. The molecule has 0 unspecified atom stereocenters. The Kier molecular flexibility index (Phi) is 7.30. The van der Waals surface area contributed by atoms with Crippen LogP contribution in [-0.4, -0.2) is 46.8 Å². The Labute approximate surface area is 170 Å². The highest BCUT2D eigenvalue weighted by molar-refractivity contribution is 7.59. The van der Waals surface area contributed by atoms with Gasteiger partial charge in [-0.1, -0.05) is 13.8 Å². The lowest BCUT2D eigenvalue weighted by molar-refractivity contribution is 0.100. The van der Waals surface area contributed by atoms with Crippen molar-refractivity contribution in [3.8, 4) is 5.75 Å². The van der Waals surface area contributed by atoms with E-state index in [4.69, 9.17) is 10.5 Å². The quantitative estimate of drug-likeness (QED) is 0.489. The van der Waals surface area contributed by atoms with E-state index < -0.39 is 12.0 Å². The topological polar surface area (TPSA) is 134 Å². The Bertz CT molecular complexity index is 833. The van der Waals surface area contributed by atoms with E-state index in [0.29, 0.717) is 36.5 Å². The van der Waals surface area contributed by atoms with Crippen LogP contribution in [-0.2, 0) is 0 Å². The number of benzene rings is 1. The summed E-state index contributed by atoms with van der Waals surface area (Å²) in [4.78, 5) is 20.1. The molecule has 6 N–H and O–H groups in total. The molecule has 0 aliphatic carbocycles. The number of carbonyl (C=O) groups is 1.